The average Bonchev–Trinajstić information content (AvgIpc) is 4.08. The Balaban J connectivity index is 1.01. The first-order valence-corrected chi connectivity index (χ1v) is 25.4. The number of benzene rings is 3. The van der Waals surface area contributed by atoms with Gasteiger partial charge in [-0.05, 0) is 74.9 Å². The molecule has 9 aliphatic heterocycles. The van der Waals surface area contributed by atoms with Crippen LogP contribution in [0, 0.1) is 11.8 Å². The van der Waals surface area contributed by atoms with E-state index >= 15 is 0 Å². The summed E-state index contributed by atoms with van der Waals surface area (Å²) < 4.78 is 83.1. The van der Waals surface area contributed by atoms with E-state index in [-0.39, 0.29) is 11.8 Å². The van der Waals surface area contributed by atoms with Crippen LogP contribution in [0.3, 0.4) is 0 Å². The van der Waals surface area contributed by atoms with Crippen molar-refractivity contribution in [2.45, 2.75) is 152 Å². The molecule has 0 radical (unpaired) electrons. The Bertz CT molecular complexity index is 1710. The van der Waals surface area contributed by atoms with E-state index in [1.54, 1.807) is 0 Å². The zero-order valence-electron chi connectivity index (χ0n) is 37.9. The third kappa shape index (κ3) is 9.23. The van der Waals surface area contributed by atoms with Crippen molar-refractivity contribution >= 4 is 37.7 Å². The number of hydrogen-bond donors (Lipinski definition) is 0. The predicted molar refractivity (Wildman–Crippen MR) is 248 cm³/mol. The first kappa shape index (κ1) is 44.0. The molecule has 6 atom stereocenters. The summed E-state index contributed by atoms with van der Waals surface area (Å²) >= 11 is 0. The zero-order valence-corrected chi connectivity index (χ0v) is 37.9. The molecule has 3 aliphatic carbocycles. The van der Waals surface area contributed by atoms with Crippen LogP contribution in [0.1, 0.15) is 116 Å². The van der Waals surface area contributed by atoms with Crippen LogP contribution >= 0.6 is 0 Å². The Hall–Kier alpha value is -3.59. The molecule has 65 heavy (non-hydrogen) atoms. The summed E-state index contributed by atoms with van der Waals surface area (Å²) in [6.45, 7) is 3.60. The average molecular weight is 890 g/mol. The fraction of sp³-hybridized carbons (Fsp3) is 0.640. The topological polar surface area (TPSA) is 111 Å². The Morgan fingerprint density at radius 2 is 0.446 bits per heavy atom. The highest BCUT2D eigenvalue weighted by atomic mass is 16.7. The quantitative estimate of drug-likeness (QED) is 0.215. The van der Waals surface area contributed by atoms with Gasteiger partial charge in [0.15, 0.2) is 0 Å². The molecule has 0 unspecified atom stereocenters. The minimum atomic E-state index is -0.737. The molecular formula is C50H65B3O12. The van der Waals surface area contributed by atoms with E-state index in [0.717, 1.165) is 166 Å². The molecule has 0 N–H and O–H groups in total. The van der Waals surface area contributed by atoms with Gasteiger partial charge in [-0.3, -0.25) is 0 Å². The van der Waals surface area contributed by atoms with Gasteiger partial charge in [-0.1, -0.05) is 95.2 Å². The van der Waals surface area contributed by atoms with E-state index in [4.69, 9.17) is 56.3 Å². The van der Waals surface area contributed by atoms with Gasteiger partial charge in [0.1, 0.15) is 34.5 Å². The first-order valence-electron chi connectivity index (χ1n) is 25.4. The number of ether oxygens (including phenoxy) is 6. The Morgan fingerprint density at radius 3 is 0.646 bits per heavy atom. The molecule has 3 aromatic carbocycles. The van der Waals surface area contributed by atoms with Crippen molar-refractivity contribution in [2.24, 2.45) is 11.8 Å². The van der Waals surface area contributed by atoms with Gasteiger partial charge in [0.2, 0.25) is 0 Å². The van der Waals surface area contributed by atoms with Crippen LogP contribution in [-0.4, -0.2) is 97.6 Å². The van der Waals surface area contributed by atoms with Gasteiger partial charge in [0.05, 0.1) is 92.7 Å². The normalized spacial score (nSPS) is 31.1. The summed E-state index contributed by atoms with van der Waals surface area (Å²) in [4.78, 5) is 0. The smallest absolute Gasteiger partial charge is 0.494 e. The van der Waals surface area contributed by atoms with Crippen molar-refractivity contribution in [2.75, 3.05) is 39.6 Å². The van der Waals surface area contributed by atoms with Crippen molar-refractivity contribution in [3.8, 4) is 34.5 Å². The first-order chi connectivity index (χ1) is 32.3. The highest BCUT2D eigenvalue weighted by Gasteiger charge is 2.73. The van der Waals surface area contributed by atoms with Gasteiger partial charge in [0.25, 0.3) is 0 Å². The largest absolute Gasteiger partial charge is 0.502 e. The van der Waals surface area contributed by atoms with E-state index in [1.807, 2.05) is 54.6 Å². The molecule has 3 saturated carbocycles. The Kier molecular flexibility index (Phi) is 14.0. The van der Waals surface area contributed by atoms with Gasteiger partial charge in [-0.25, -0.2) is 0 Å². The fourth-order valence-corrected chi connectivity index (χ4v) is 11.7. The molecule has 3 saturated heterocycles. The maximum atomic E-state index is 7.23. The van der Waals surface area contributed by atoms with Gasteiger partial charge >= 0.3 is 21.4 Å². The highest BCUT2D eigenvalue weighted by molar-refractivity contribution is 6.65. The highest BCUT2D eigenvalue weighted by Crippen LogP contribution is 2.56. The summed E-state index contributed by atoms with van der Waals surface area (Å²) in [5.74, 6) is 3.81. The summed E-state index contributed by atoms with van der Waals surface area (Å²) in [6, 6.07) is 18.2. The molecule has 14 bridgehead atoms. The second kappa shape index (κ2) is 20.7. The van der Waals surface area contributed by atoms with Crippen LogP contribution in [0.25, 0.3) is 0 Å². The number of rotatable bonds is 0. The molecule has 12 nitrogen and oxygen atoms in total. The standard InChI is InChI=1S/C50H65B3O12/c1-2-8-14-29-55-35-23-20-25-37-43(35)52-62-47-40-45-46-41(48(47)63-52)50-49(40)64-53(65-50)44-38(26-21-27-39(44)59-33-18-12-6-5-10-16-31-57-37)58-32-17-11-4-3-9-15-30-56-36-24-19-22-34(54-28-13-7-1)42(36)51(60-45)61-46/h19-27,40-41,45-50H,1-18,28-33H2/t40?,41?,45-,46+,47-,48+,49+,50-. The van der Waals surface area contributed by atoms with Gasteiger partial charge < -0.3 is 56.3 Å². The lowest BCUT2D eigenvalue weighted by molar-refractivity contribution is -0.192. The lowest BCUT2D eigenvalue weighted by Crippen LogP contribution is -2.70. The fourth-order valence-electron chi connectivity index (χ4n) is 11.7. The second-order valence-electron chi connectivity index (χ2n) is 19.2. The third-order valence-electron chi connectivity index (χ3n) is 14.9. The van der Waals surface area contributed by atoms with Crippen molar-refractivity contribution in [3.63, 3.8) is 0 Å². The molecule has 6 fully saturated rings. The molecule has 0 amide bonds. The Morgan fingerprint density at radius 1 is 0.262 bits per heavy atom. The molecule has 0 spiro atoms. The van der Waals surface area contributed by atoms with Crippen molar-refractivity contribution in [1.82, 2.24) is 0 Å². The molecule has 0 aromatic heterocycles. The molecule has 346 valence electrons. The van der Waals surface area contributed by atoms with Crippen molar-refractivity contribution in [1.29, 1.82) is 0 Å². The van der Waals surface area contributed by atoms with Gasteiger partial charge in [-0.2, -0.15) is 0 Å². The molecular weight excluding hydrogens is 825 g/mol. The van der Waals surface area contributed by atoms with E-state index in [1.165, 1.54) is 0 Å². The number of fused-ring (bicyclic) bond motifs is 27. The lowest BCUT2D eigenvalue weighted by atomic mass is 9.61. The summed E-state index contributed by atoms with van der Waals surface area (Å²) in [6.07, 6.45) is 16.8. The summed E-state index contributed by atoms with van der Waals surface area (Å²) in [5, 5.41) is 0. The minimum Gasteiger partial charge on any atom is -0.494 e. The number of hydrogen-bond acceptors (Lipinski definition) is 12. The molecule has 15 rings (SSSR count). The van der Waals surface area contributed by atoms with Crippen LogP contribution in [0.2, 0.25) is 0 Å². The zero-order chi connectivity index (χ0) is 43.4. The minimum absolute atomic E-state index is 0.315. The third-order valence-corrected chi connectivity index (χ3v) is 14.9. The van der Waals surface area contributed by atoms with E-state index in [2.05, 4.69) is 0 Å². The maximum absolute atomic E-state index is 7.23. The van der Waals surface area contributed by atoms with Crippen LogP contribution in [0.15, 0.2) is 54.6 Å². The van der Waals surface area contributed by atoms with Gasteiger partial charge in [0, 0.05) is 11.8 Å². The van der Waals surface area contributed by atoms with Crippen LogP contribution in [0.4, 0.5) is 0 Å². The summed E-state index contributed by atoms with van der Waals surface area (Å²) in [7, 11) is -2.21. The van der Waals surface area contributed by atoms with Crippen molar-refractivity contribution < 1.29 is 56.3 Å². The molecule has 3 aromatic rings. The Labute approximate surface area is 385 Å². The molecule has 9 heterocycles. The van der Waals surface area contributed by atoms with Crippen molar-refractivity contribution in [3.05, 3.63) is 54.6 Å². The van der Waals surface area contributed by atoms with Crippen LogP contribution in [0.5, 0.6) is 34.5 Å². The predicted octanol–water partition coefficient (Wildman–Crippen LogP) is 7.12. The monoisotopic (exact) mass is 890 g/mol. The lowest BCUT2D eigenvalue weighted by Gasteiger charge is -2.55. The SMILES string of the molecule is c1cc2c3c(c1)OCCCCCCCCOc1cccc4c1B1O[C@@H]5C6[C@H]7OB(O[C@H]7C([C@H]7OB3O[C@@H]67)[C@@H]5O1)c1c(cccc1OCCCCCCCCO4)OCCCCCCCCO2. The van der Waals surface area contributed by atoms with E-state index < -0.39 is 58.0 Å². The maximum Gasteiger partial charge on any atom is 0.502 e. The van der Waals surface area contributed by atoms with Crippen LogP contribution < -0.4 is 44.8 Å². The second-order valence-corrected chi connectivity index (χ2v) is 19.2. The molecule has 12 aliphatic rings. The van der Waals surface area contributed by atoms with E-state index in [9.17, 15) is 0 Å². The van der Waals surface area contributed by atoms with E-state index in [0.29, 0.717) is 39.6 Å². The molecule has 15 heteroatoms. The summed E-state index contributed by atoms with van der Waals surface area (Å²) in [5.41, 5.74) is 2.41. The van der Waals surface area contributed by atoms with Gasteiger partial charge in [-0.15, -0.1) is 0 Å². The van der Waals surface area contributed by atoms with Crippen LogP contribution in [-0.2, 0) is 27.9 Å².